The number of nitrogens with zero attached hydrogens (tertiary/aromatic N) is 1. The Bertz CT molecular complexity index is 921. The molecule has 4 nitrogen and oxygen atoms in total. The van der Waals surface area contributed by atoms with Crippen LogP contribution in [0.5, 0.6) is 5.75 Å². The molecule has 0 aliphatic rings. The zero-order chi connectivity index (χ0) is 19.1. The van der Waals surface area contributed by atoms with Crippen LogP contribution in [-0.2, 0) is 16.4 Å². The van der Waals surface area contributed by atoms with Crippen molar-refractivity contribution in [3.05, 3.63) is 77.0 Å². The molecular weight excluding hydrogens is 378 g/mol. The van der Waals surface area contributed by atoms with Gasteiger partial charge >= 0.3 is 0 Å². The van der Waals surface area contributed by atoms with E-state index in [1.54, 1.807) is 42.7 Å². The fraction of sp³-hybridized carbons (Fsp3) is 0.238. The van der Waals surface area contributed by atoms with Crippen molar-refractivity contribution < 1.29 is 13.2 Å². The molecule has 2 aromatic carbocycles. The Hall–Kier alpha value is -2.31. The summed E-state index contributed by atoms with van der Waals surface area (Å²) >= 11 is 1.70. The lowest BCUT2D eigenvalue weighted by atomic mass is 10.2. The van der Waals surface area contributed by atoms with E-state index in [-0.39, 0.29) is 5.75 Å². The second-order valence-electron chi connectivity index (χ2n) is 6.18. The molecule has 27 heavy (non-hydrogen) atoms. The highest BCUT2D eigenvalue weighted by Crippen LogP contribution is 2.23. The maximum Gasteiger partial charge on any atom is 0.178 e. The SMILES string of the molecule is COc1ccc(N(CCCS(=O)(=O)c2ccccc2)Cc2cccs2)cc1. The average molecular weight is 402 g/mol. The van der Waals surface area contributed by atoms with Crippen LogP contribution in [0.3, 0.4) is 0 Å². The molecule has 0 atom stereocenters. The first-order chi connectivity index (χ1) is 13.1. The van der Waals surface area contributed by atoms with E-state index in [2.05, 4.69) is 16.3 Å². The Labute approximate surface area is 165 Å². The number of rotatable bonds is 9. The van der Waals surface area contributed by atoms with Crippen molar-refractivity contribution in [2.75, 3.05) is 24.3 Å². The van der Waals surface area contributed by atoms with Crippen molar-refractivity contribution in [3.63, 3.8) is 0 Å². The molecule has 0 unspecified atom stereocenters. The lowest BCUT2D eigenvalue weighted by Crippen LogP contribution is -2.25. The van der Waals surface area contributed by atoms with Gasteiger partial charge in [0.2, 0.25) is 0 Å². The summed E-state index contributed by atoms with van der Waals surface area (Å²) in [6, 6.07) is 20.7. The summed E-state index contributed by atoms with van der Waals surface area (Å²) in [5, 5.41) is 2.06. The van der Waals surface area contributed by atoms with Crippen molar-refractivity contribution in [1.82, 2.24) is 0 Å². The van der Waals surface area contributed by atoms with E-state index in [0.717, 1.165) is 18.0 Å². The number of anilines is 1. The molecule has 1 aromatic heterocycles. The number of hydrogen-bond donors (Lipinski definition) is 0. The van der Waals surface area contributed by atoms with Gasteiger partial charge in [-0.2, -0.15) is 0 Å². The summed E-state index contributed by atoms with van der Waals surface area (Å²) in [6.07, 6.45) is 0.564. The van der Waals surface area contributed by atoms with Crippen LogP contribution < -0.4 is 9.64 Å². The normalized spacial score (nSPS) is 11.3. The van der Waals surface area contributed by atoms with Crippen molar-refractivity contribution in [3.8, 4) is 5.75 Å². The van der Waals surface area contributed by atoms with E-state index in [0.29, 0.717) is 17.9 Å². The van der Waals surface area contributed by atoms with Crippen LogP contribution in [0.1, 0.15) is 11.3 Å². The molecular formula is C21H23NO3S2. The number of thiophene rings is 1. The van der Waals surface area contributed by atoms with Gasteiger partial charge in [0.15, 0.2) is 9.84 Å². The van der Waals surface area contributed by atoms with Crippen molar-refractivity contribution in [2.45, 2.75) is 17.9 Å². The van der Waals surface area contributed by atoms with E-state index >= 15 is 0 Å². The Morgan fingerprint density at radius 1 is 0.963 bits per heavy atom. The van der Waals surface area contributed by atoms with Gasteiger partial charge in [-0.3, -0.25) is 0 Å². The summed E-state index contributed by atoms with van der Waals surface area (Å²) in [6.45, 7) is 1.42. The first kappa shape index (κ1) is 19.5. The van der Waals surface area contributed by atoms with Gasteiger partial charge in [0, 0.05) is 17.1 Å². The van der Waals surface area contributed by atoms with Gasteiger partial charge < -0.3 is 9.64 Å². The van der Waals surface area contributed by atoms with Crippen LogP contribution in [0.2, 0.25) is 0 Å². The van der Waals surface area contributed by atoms with Crippen LogP contribution in [0.4, 0.5) is 5.69 Å². The quantitative estimate of drug-likeness (QED) is 0.525. The predicted octanol–water partition coefficient (Wildman–Crippen LogP) is 4.63. The van der Waals surface area contributed by atoms with Gasteiger partial charge in [-0.25, -0.2) is 8.42 Å². The van der Waals surface area contributed by atoms with Crippen LogP contribution in [-0.4, -0.2) is 27.8 Å². The lowest BCUT2D eigenvalue weighted by Gasteiger charge is -2.24. The minimum atomic E-state index is -3.25. The highest BCUT2D eigenvalue weighted by Gasteiger charge is 2.15. The van der Waals surface area contributed by atoms with E-state index in [4.69, 9.17) is 4.74 Å². The second-order valence-corrected chi connectivity index (χ2v) is 9.33. The van der Waals surface area contributed by atoms with E-state index < -0.39 is 9.84 Å². The standard InChI is InChI=1S/C21H23NO3S2/c1-25-19-12-10-18(11-13-19)22(17-20-7-5-15-26-20)14-6-16-27(23,24)21-8-3-2-4-9-21/h2-5,7-13,15H,6,14,16-17H2,1H3. The molecule has 0 fully saturated rings. The van der Waals surface area contributed by atoms with Gasteiger partial charge in [0.05, 0.1) is 24.3 Å². The summed E-state index contributed by atoms with van der Waals surface area (Å²) in [4.78, 5) is 3.85. The van der Waals surface area contributed by atoms with Crippen LogP contribution in [0, 0.1) is 0 Å². The molecule has 1 heterocycles. The molecule has 6 heteroatoms. The summed E-state index contributed by atoms with van der Waals surface area (Å²) in [5.74, 6) is 0.940. The highest BCUT2D eigenvalue weighted by atomic mass is 32.2. The van der Waals surface area contributed by atoms with Crippen molar-refractivity contribution in [1.29, 1.82) is 0 Å². The molecule has 0 amide bonds. The zero-order valence-corrected chi connectivity index (χ0v) is 16.9. The van der Waals surface area contributed by atoms with E-state index in [1.807, 2.05) is 36.4 Å². The molecule has 0 saturated heterocycles. The Kier molecular flexibility index (Phi) is 6.53. The molecule has 3 rings (SSSR count). The van der Waals surface area contributed by atoms with Crippen molar-refractivity contribution >= 4 is 26.9 Å². The number of ether oxygens (including phenoxy) is 1. The Morgan fingerprint density at radius 3 is 2.33 bits per heavy atom. The number of methoxy groups -OCH3 is 1. The maximum atomic E-state index is 12.5. The largest absolute Gasteiger partial charge is 0.497 e. The van der Waals surface area contributed by atoms with Gasteiger partial charge in [-0.05, 0) is 54.3 Å². The van der Waals surface area contributed by atoms with Crippen LogP contribution >= 0.6 is 11.3 Å². The number of benzene rings is 2. The monoisotopic (exact) mass is 401 g/mol. The minimum absolute atomic E-state index is 0.133. The molecule has 0 aliphatic carbocycles. The first-order valence-corrected chi connectivity index (χ1v) is 11.3. The average Bonchev–Trinajstić information content (AvgIpc) is 3.21. The molecule has 0 aliphatic heterocycles. The highest BCUT2D eigenvalue weighted by molar-refractivity contribution is 7.91. The molecule has 0 N–H and O–H groups in total. The summed E-state index contributed by atoms with van der Waals surface area (Å²) < 4.78 is 30.3. The van der Waals surface area contributed by atoms with Crippen LogP contribution in [0.25, 0.3) is 0 Å². The smallest absolute Gasteiger partial charge is 0.178 e. The maximum absolute atomic E-state index is 12.5. The zero-order valence-electron chi connectivity index (χ0n) is 15.2. The first-order valence-electron chi connectivity index (χ1n) is 8.78. The fourth-order valence-corrected chi connectivity index (χ4v) is 4.91. The fourth-order valence-electron chi connectivity index (χ4n) is 2.87. The second kappa shape index (κ2) is 9.06. The molecule has 3 aromatic rings. The Balaban J connectivity index is 1.69. The van der Waals surface area contributed by atoms with E-state index in [9.17, 15) is 8.42 Å². The minimum Gasteiger partial charge on any atom is -0.497 e. The van der Waals surface area contributed by atoms with Gasteiger partial charge in [-0.15, -0.1) is 11.3 Å². The van der Waals surface area contributed by atoms with Gasteiger partial charge in [-0.1, -0.05) is 24.3 Å². The van der Waals surface area contributed by atoms with Gasteiger partial charge in [0.25, 0.3) is 0 Å². The van der Waals surface area contributed by atoms with E-state index in [1.165, 1.54) is 4.88 Å². The third-order valence-electron chi connectivity index (χ3n) is 4.31. The topological polar surface area (TPSA) is 46.6 Å². The molecule has 0 spiro atoms. The molecule has 142 valence electrons. The lowest BCUT2D eigenvalue weighted by molar-refractivity contribution is 0.415. The third kappa shape index (κ3) is 5.34. The molecule has 0 saturated carbocycles. The predicted molar refractivity (Wildman–Crippen MR) is 111 cm³/mol. The summed E-state index contributed by atoms with van der Waals surface area (Å²) in [7, 11) is -1.61. The molecule has 0 radical (unpaired) electrons. The van der Waals surface area contributed by atoms with Gasteiger partial charge in [0.1, 0.15) is 5.75 Å². The third-order valence-corrected chi connectivity index (χ3v) is 6.99. The van der Waals surface area contributed by atoms with Crippen molar-refractivity contribution in [2.24, 2.45) is 0 Å². The Morgan fingerprint density at radius 2 is 1.70 bits per heavy atom. The summed E-state index contributed by atoms with van der Waals surface area (Å²) in [5.41, 5.74) is 1.06. The van der Waals surface area contributed by atoms with Crippen LogP contribution in [0.15, 0.2) is 77.0 Å². The molecule has 0 bridgehead atoms. The number of hydrogen-bond acceptors (Lipinski definition) is 5. The number of sulfone groups is 1.